The van der Waals surface area contributed by atoms with Crippen molar-refractivity contribution in [2.75, 3.05) is 0 Å². The van der Waals surface area contributed by atoms with Gasteiger partial charge in [0.2, 0.25) is 0 Å². The van der Waals surface area contributed by atoms with Crippen molar-refractivity contribution in [1.29, 1.82) is 0 Å². The van der Waals surface area contributed by atoms with Gasteiger partial charge in [0.1, 0.15) is 0 Å². The molecule has 1 saturated carbocycles. The molecule has 0 bridgehead atoms. The topological polar surface area (TPSA) is 54.7 Å². The van der Waals surface area contributed by atoms with Gasteiger partial charge in [0.15, 0.2) is 0 Å². The van der Waals surface area contributed by atoms with Gasteiger partial charge >= 0.3 is 0 Å². The Balaban J connectivity index is 1.91. The molecular weight excluding hydrogens is 218 g/mol. The minimum absolute atomic E-state index is 0.143. The van der Waals surface area contributed by atoms with Crippen LogP contribution in [0.1, 0.15) is 25.0 Å². The maximum atomic E-state index is 5.96. The van der Waals surface area contributed by atoms with Crippen molar-refractivity contribution in [1.82, 2.24) is 10.2 Å². The van der Waals surface area contributed by atoms with Gasteiger partial charge in [-0.25, -0.2) is 0 Å². The lowest BCUT2D eigenvalue weighted by Crippen LogP contribution is -2.22. The summed E-state index contributed by atoms with van der Waals surface area (Å²) in [5, 5.41) is 6.88. The van der Waals surface area contributed by atoms with E-state index in [9.17, 15) is 0 Å². The third-order valence-corrected chi connectivity index (χ3v) is 3.11. The average molecular weight is 230 g/mol. The number of nitrogens with zero attached hydrogens (tertiary/aromatic N) is 1. The highest BCUT2D eigenvalue weighted by Crippen LogP contribution is 2.36. The molecule has 1 aromatic rings. The van der Waals surface area contributed by atoms with Crippen LogP contribution in [0.15, 0.2) is 10.7 Å². The van der Waals surface area contributed by atoms with Gasteiger partial charge in [0, 0.05) is 11.2 Å². The zero-order valence-electron chi connectivity index (χ0n) is 6.81. The molecule has 0 amide bonds. The van der Waals surface area contributed by atoms with Crippen LogP contribution in [0.5, 0.6) is 0 Å². The second kappa shape index (κ2) is 2.85. The van der Waals surface area contributed by atoms with E-state index in [4.69, 9.17) is 5.73 Å². The summed E-state index contributed by atoms with van der Waals surface area (Å²) in [5.74, 6) is 0. The summed E-state index contributed by atoms with van der Waals surface area (Å²) in [7, 11) is 0. The van der Waals surface area contributed by atoms with Crippen molar-refractivity contribution in [3.05, 3.63) is 16.4 Å². The molecule has 1 heterocycles. The van der Waals surface area contributed by atoms with E-state index in [0.717, 1.165) is 23.0 Å². The molecule has 1 fully saturated rings. The summed E-state index contributed by atoms with van der Waals surface area (Å²) < 4.78 is 1.06. The molecule has 1 aliphatic carbocycles. The van der Waals surface area contributed by atoms with Crippen molar-refractivity contribution >= 4 is 15.9 Å². The number of aromatic nitrogens is 2. The normalized spacial score (nSPS) is 19.5. The fraction of sp³-hybridized carbons (Fsp3) is 0.625. The second-order valence-corrected chi connectivity index (χ2v) is 4.41. The van der Waals surface area contributed by atoms with Crippen molar-refractivity contribution in [3.63, 3.8) is 0 Å². The molecule has 0 atom stereocenters. The summed E-state index contributed by atoms with van der Waals surface area (Å²) in [4.78, 5) is 0. The van der Waals surface area contributed by atoms with Crippen LogP contribution in [-0.2, 0) is 6.42 Å². The van der Waals surface area contributed by atoms with Crippen molar-refractivity contribution in [3.8, 4) is 0 Å². The Morgan fingerprint density at radius 3 is 2.92 bits per heavy atom. The fourth-order valence-corrected chi connectivity index (χ4v) is 1.65. The SMILES string of the molecule is NC1(CCc2[nH]ncc2Br)CC1. The van der Waals surface area contributed by atoms with Gasteiger partial charge in [-0.05, 0) is 41.6 Å². The molecule has 0 aliphatic heterocycles. The van der Waals surface area contributed by atoms with Crippen LogP contribution in [0, 0.1) is 0 Å². The summed E-state index contributed by atoms with van der Waals surface area (Å²) in [6, 6.07) is 0. The van der Waals surface area contributed by atoms with Crippen LogP contribution in [0.2, 0.25) is 0 Å². The summed E-state index contributed by atoms with van der Waals surface area (Å²) >= 11 is 3.42. The van der Waals surface area contributed by atoms with Crippen molar-refractivity contribution in [2.24, 2.45) is 5.73 Å². The molecule has 0 radical (unpaired) electrons. The van der Waals surface area contributed by atoms with Crippen LogP contribution >= 0.6 is 15.9 Å². The van der Waals surface area contributed by atoms with E-state index in [-0.39, 0.29) is 5.54 Å². The van der Waals surface area contributed by atoms with E-state index in [1.807, 2.05) is 0 Å². The Hall–Kier alpha value is -0.350. The highest BCUT2D eigenvalue weighted by atomic mass is 79.9. The summed E-state index contributed by atoms with van der Waals surface area (Å²) in [5.41, 5.74) is 7.27. The number of nitrogens with two attached hydrogens (primary N) is 1. The van der Waals surface area contributed by atoms with E-state index < -0.39 is 0 Å². The molecule has 0 saturated heterocycles. The largest absolute Gasteiger partial charge is 0.325 e. The van der Waals surface area contributed by atoms with Gasteiger partial charge < -0.3 is 5.73 Å². The van der Waals surface area contributed by atoms with Crippen LogP contribution in [-0.4, -0.2) is 15.7 Å². The maximum absolute atomic E-state index is 5.96. The first-order valence-corrected chi connectivity index (χ1v) is 4.96. The number of aromatic amines is 1. The molecule has 3 nitrogen and oxygen atoms in total. The lowest BCUT2D eigenvalue weighted by Gasteiger charge is -2.06. The molecule has 66 valence electrons. The van der Waals surface area contributed by atoms with E-state index in [1.165, 1.54) is 12.8 Å². The minimum atomic E-state index is 0.143. The summed E-state index contributed by atoms with van der Waals surface area (Å²) in [6.07, 6.45) is 6.20. The summed E-state index contributed by atoms with van der Waals surface area (Å²) in [6.45, 7) is 0. The van der Waals surface area contributed by atoms with E-state index in [2.05, 4.69) is 26.1 Å². The molecule has 1 aliphatic rings. The molecule has 0 spiro atoms. The highest BCUT2D eigenvalue weighted by Gasteiger charge is 2.37. The highest BCUT2D eigenvalue weighted by molar-refractivity contribution is 9.10. The quantitative estimate of drug-likeness (QED) is 0.828. The zero-order chi connectivity index (χ0) is 8.60. The number of rotatable bonds is 3. The molecule has 0 aromatic carbocycles. The second-order valence-electron chi connectivity index (χ2n) is 3.56. The molecule has 0 unspecified atom stereocenters. The number of hydrogen-bond acceptors (Lipinski definition) is 2. The number of H-pyrrole nitrogens is 1. The maximum Gasteiger partial charge on any atom is 0.0632 e. The first-order valence-electron chi connectivity index (χ1n) is 4.16. The Morgan fingerprint density at radius 1 is 1.67 bits per heavy atom. The Bertz CT molecular complexity index is 278. The van der Waals surface area contributed by atoms with E-state index in [0.29, 0.717) is 0 Å². The first kappa shape index (κ1) is 8.26. The number of nitrogens with one attached hydrogen (secondary N) is 1. The zero-order valence-corrected chi connectivity index (χ0v) is 8.39. The lowest BCUT2D eigenvalue weighted by atomic mass is 10.1. The predicted molar refractivity (Wildman–Crippen MR) is 50.8 cm³/mol. The number of hydrogen-bond donors (Lipinski definition) is 2. The molecule has 4 heteroatoms. The lowest BCUT2D eigenvalue weighted by molar-refractivity contribution is 0.602. The molecule has 3 N–H and O–H groups in total. The smallest absolute Gasteiger partial charge is 0.0632 e. The van der Waals surface area contributed by atoms with E-state index >= 15 is 0 Å². The van der Waals surface area contributed by atoms with Crippen LogP contribution in [0.4, 0.5) is 0 Å². The Morgan fingerprint density at radius 2 is 2.42 bits per heavy atom. The van der Waals surface area contributed by atoms with Crippen molar-refractivity contribution < 1.29 is 0 Å². The van der Waals surface area contributed by atoms with Crippen LogP contribution in [0.3, 0.4) is 0 Å². The van der Waals surface area contributed by atoms with Gasteiger partial charge in [-0.2, -0.15) is 5.10 Å². The Kier molecular flexibility index (Phi) is 1.96. The van der Waals surface area contributed by atoms with Gasteiger partial charge in [0.05, 0.1) is 10.7 Å². The average Bonchev–Trinajstić information content (AvgIpc) is 2.61. The minimum Gasteiger partial charge on any atom is -0.325 e. The van der Waals surface area contributed by atoms with E-state index in [1.54, 1.807) is 6.20 Å². The molecule has 12 heavy (non-hydrogen) atoms. The van der Waals surface area contributed by atoms with Crippen LogP contribution in [0.25, 0.3) is 0 Å². The number of halogens is 1. The fourth-order valence-electron chi connectivity index (χ4n) is 1.26. The van der Waals surface area contributed by atoms with Gasteiger partial charge in [0.25, 0.3) is 0 Å². The molecule has 2 rings (SSSR count). The monoisotopic (exact) mass is 229 g/mol. The predicted octanol–water partition coefficient (Wildman–Crippen LogP) is 1.60. The standard InChI is InChI=1S/C8H12BrN3/c9-6-5-11-12-7(6)1-2-8(10)3-4-8/h5H,1-4,10H2,(H,11,12). The van der Waals surface area contributed by atoms with Crippen molar-refractivity contribution in [2.45, 2.75) is 31.2 Å². The molecular formula is C8H12BrN3. The van der Waals surface area contributed by atoms with Gasteiger partial charge in [-0.1, -0.05) is 0 Å². The molecule has 1 aromatic heterocycles. The first-order chi connectivity index (χ1) is 5.70. The van der Waals surface area contributed by atoms with Gasteiger partial charge in [-0.3, -0.25) is 5.10 Å². The third-order valence-electron chi connectivity index (χ3n) is 2.43. The van der Waals surface area contributed by atoms with Gasteiger partial charge in [-0.15, -0.1) is 0 Å². The number of aryl methyl sites for hydroxylation is 1. The van der Waals surface area contributed by atoms with Crippen LogP contribution < -0.4 is 5.73 Å². The Labute approximate surface area is 79.9 Å². The third kappa shape index (κ3) is 1.69.